The monoisotopic (exact) mass is 284 g/mol. The van der Waals surface area contributed by atoms with Crippen molar-refractivity contribution in [3.8, 4) is 0 Å². The maximum Gasteiger partial charge on any atom is 0.118 e. The van der Waals surface area contributed by atoms with Gasteiger partial charge in [0.2, 0.25) is 0 Å². The van der Waals surface area contributed by atoms with Gasteiger partial charge in [0.15, 0.2) is 0 Å². The van der Waals surface area contributed by atoms with Crippen LogP contribution in [0.3, 0.4) is 0 Å². The van der Waals surface area contributed by atoms with Crippen molar-refractivity contribution in [3.05, 3.63) is 58.5 Å². The lowest BCUT2D eigenvalue weighted by atomic mass is 10.0. The molecule has 1 aliphatic rings. The third kappa shape index (κ3) is 3.36. The van der Waals surface area contributed by atoms with Gasteiger partial charge in [-0.2, -0.15) is 0 Å². The Kier molecular flexibility index (Phi) is 4.42. The van der Waals surface area contributed by atoms with Crippen LogP contribution in [0.5, 0.6) is 0 Å². The third-order valence-corrected chi connectivity index (χ3v) is 4.25. The van der Waals surface area contributed by atoms with E-state index in [0.717, 1.165) is 37.7 Å². The average molecular weight is 284 g/mol. The van der Waals surface area contributed by atoms with Gasteiger partial charge in [0, 0.05) is 18.7 Å². The van der Waals surface area contributed by atoms with E-state index in [1.807, 2.05) is 14.0 Å². The first-order valence-electron chi connectivity index (χ1n) is 7.78. The molecule has 21 heavy (non-hydrogen) atoms. The van der Waals surface area contributed by atoms with Gasteiger partial charge in [-0.25, -0.2) is 0 Å². The van der Waals surface area contributed by atoms with E-state index >= 15 is 0 Å². The molecule has 1 aromatic heterocycles. The van der Waals surface area contributed by atoms with Gasteiger partial charge in [0.05, 0.1) is 6.54 Å². The first-order chi connectivity index (χ1) is 10.3. The molecule has 112 valence electrons. The maximum atomic E-state index is 5.92. The van der Waals surface area contributed by atoms with Crippen LogP contribution in [0, 0.1) is 6.92 Å². The first kappa shape index (κ1) is 14.4. The summed E-state index contributed by atoms with van der Waals surface area (Å²) in [6.07, 6.45) is 2.41. The number of nitrogens with one attached hydrogen (secondary N) is 1. The lowest BCUT2D eigenvalue weighted by Gasteiger charge is -2.18. The van der Waals surface area contributed by atoms with Crippen LogP contribution in [-0.2, 0) is 26.1 Å². The average Bonchev–Trinajstić information content (AvgIpc) is 2.70. The van der Waals surface area contributed by atoms with Crippen LogP contribution in [0.4, 0.5) is 0 Å². The zero-order valence-corrected chi connectivity index (χ0v) is 13.0. The summed E-state index contributed by atoms with van der Waals surface area (Å²) in [5, 5.41) is 3.19. The van der Waals surface area contributed by atoms with Gasteiger partial charge < -0.3 is 9.73 Å². The van der Waals surface area contributed by atoms with Crippen molar-refractivity contribution in [2.45, 2.75) is 39.4 Å². The lowest BCUT2D eigenvalue weighted by Crippen LogP contribution is -2.22. The van der Waals surface area contributed by atoms with Crippen LogP contribution in [0.25, 0.3) is 0 Å². The largest absolute Gasteiger partial charge is 0.465 e. The minimum Gasteiger partial charge on any atom is -0.465 e. The molecule has 0 spiro atoms. The predicted octanol–water partition coefficient (Wildman–Crippen LogP) is 3.26. The number of hydrogen-bond donors (Lipinski definition) is 1. The van der Waals surface area contributed by atoms with Gasteiger partial charge in [-0.3, -0.25) is 4.90 Å². The topological polar surface area (TPSA) is 28.4 Å². The molecule has 0 saturated carbocycles. The molecule has 3 rings (SSSR count). The summed E-state index contributed by atoms with van der Waals surface area (Å²) >= 11 is 0. The van der Waals surface area contributed by atoms with Crippen LogP contribution in [0.2, 0.25) is 0 Å². The zero-order valence-electron chi connectivity index (χ0n) is 13.0. The van der Waals surface area contributed by atoms with Gasteiger partial charge in [-0.1, -0.05) is 24.3 Å². The Bertz CT molecular complexity index is 603. The van der Waals surface area contributed by atoms with E-state index in [0.29, 0.717) is 0 Å². The van der Waals surface area contributed by atoms with E-state index in [1.54, 1.807) is 0 Å². The van der Waals surface area contributed by atoms with Crippen LogP contribution in [0.1, 0.15) is 34.6 Å². The Hall–Kier alpha value is -1.58. The molecule has 0 saturated heterocycles. The molecule has 0 unspecified atom stereocenters. The van der Waals surface area contributed by atoms with E-state index in [2.05, 4.69) is 40.5 Å². The zero-order chi connectivity index (χ0) is 14.7. The fraction of sp³-hybridized carbons (Fsp3) is 0.444. The van der Waals surface area contributed by atoms with Crippen molar-refractivity contribution in [1.82, 2.24) is 10.2 Å². The molecule has 1 aliphatic heterocycles. The summed E-state index contributed by atoms with van der Waals surface area (Å²) in [7, 11) is 1.97. The predicted molar refractivity (Wildman–Crippen MR) is 85.1 cm³/mol. The summed E-state index contributed by atoms with van der Waals surface area (Å²) in [6.45, 7) is 5.98. The van der Waals surface area contributed by atoms with Gasteiger partial charge in [-0.05, 0) is 50.6 Å². The maximum absolute atomic E-state index is 5.92. The first-order valence-corrected chi connectivity index (χ1v) is 7.78. The molecule has 0 fully saturated rings. The number of hydrogen-bond acceptors (Lipinski definition) is 3. The molecule has 3 heteroatoms. The van der Waals surface area contributed by atoms with Gasteiger partial charge in [0.25, 0.3) is 0 Å². The number of furan rings is 1. The molecule has 0 amide bonds. The second kappa shape index (κ2) is 6.46. The number of rotatable bonds is 4. The van der Waals surface area contributed by atoms with E-state index < -0.39 is 0 Å². The van der Waals surface area contributed by atoms with Crippen molar-refractivity contribution in [2.24, 2.45) is 0 Å². The summed E-state index contributed by atoms with van der Waals surface area (Å²) < 4.78 is 5.92. The summed E-state index contributed by atoms with van der Waals surface area (Å²) in [5.74, 6) is 2.12. The smallest absolute Gasteiger partial charge is 0.118 e. The molecule has 1 N–H and O–H groups in total. The second-order valence-electron chi connectivity index (χ2n) is 5.91. The van der Waals surface area contributed by atoms with Crippen molar-refractivity contribution in [3.63, 3.8) is 0 Å². The highest BCUT2D eigenvalue weighted by Crippen LogP contribution is 2.22. The number of benzene rings is 1. The van der Waals surface area contributed by atoms with Crippen LogP contribution >= 0.6 is 0 Å². The Morgan fingerprint density at radius 2 is 2.05 bits per heavy atom. The lowest BCUT2D eigenvalue weighted by molar-refractivity contribution is 0.237. The van der Waals surface area contributed by atoms with Crippen LogP contribution in [-0.4, -0.2) is 18.5 Å². The second-order valence-corrected chi connectivity index (χ2v) is 5.91. The van der Waals surface area contributed by atoms with E-state index in [1.165, 1.54) is 29.5 Å². The molecule has 2 aromatic rings. The fourth-order valence-electron chi connectivity index (χ4n) is 3.16. The molecule has 1 aromatic carbocycles. The molecular formula is C18H24N2O. The summed E-state index contributed by atoms with van der Waals surface area (Å²) in [4.78, 5) is 2.49. The highest BCUT2D eigenvalue weighted by molar-refractivity contribution is 5.28. The van der Waals surface area contributed by atoms with Crippen molar-refractivity contribution < 1.29 is 4.42 Å². The van der Waals surface area contributed by atoms with Crippen molar-refractivity contribution >= 4 is 0 Å². The van der Waals surface area contributed by atoms with Crippen molar-refractivity contribution in [1.29, 1.82) is 0 Å². The number of fused-ring (bicyclic) bond motifs is 1. The standard InChI is InChI=1S/C18H24N2O/c1-14-17(11-19-2)10-18(21-14)13-20-9-5-8-15-6-3-4-7-16(15)12-20/h3-4,6-7,10,19H,5,8-9,11-13H2,1-2H3. The van der Waals surface area contributed by atoms with Crippen molar-refractivity contribution in [2.75, 3.05) is 13.6 Å². The molecule has 0 radical (unpaired) electrons. The summed E-state index contributed by atoms with van der Waals surface area (Å²) in [5.41, 5.74) is 4.24. The minimum atomic E-state index is 0.873. The van der Waals surface area contributed by atoms with Gasteiger partial charge in [0.1, 0.15) is 11.5 Å². The Labute approximate surface area is 127 Å². The number of aryl methyl sites for hydroxylation is 2. The molecule has 0 bridgehead atoms. The summed E-state index contributed by atoms with van der Waals surface area (Å²) in [6, 6.07) is 11.0. The highest BCUT2D eigenvalue weighted by Gasteiger charge is 2.16. The molecular weight excluding hydrogens is 260 g/mol. The normalized spacial score (nSPS) is 15.7. The van der Waals surface area contributed by atoms with E-state index in [9.17, 15) is 0 Å². The fourth-order valence-corrected chi connectivity index (χ4v) is 3.16. The SMILES string of the molecule is CNCc1cc(CN2CCCc3ccccc3C2)oc1C. The Balaban J connectivity index is 1.72. The van der Waals surface area contributed by atoms with Gasteiger partial charge >= 0.3 is 0 Å². The molecule has 3 nitrogen and oxygen atoms in total. The van der Waals surface area contributed by atoms with Gasteiger partial charge in [-0.15, -0.1) is 0 Å². The molecule has 0 aliphatic carbocycles. The van der Waals surface area contributed by atoms with Crippen LogP contribution < -0.4 is 5.32 Å². The molecule has 2 heterocycles. The minimum absolute atomic E-state index is 0.873. The third-order valence-electron chi connectivity index (χ3n) is 4.25. The van der Waals surface area contributed by atoms with E-state index in [4.69, 9.17) is 4.42 Å². The molecule has 0 atom stereocenters. The quantitative estimate of drug-likeness (QED) is 0.934. The Morgan fingerprint density at radius 3 is 2.86 bits per heavy atom. The number of nitrogens with zero attached hydrogens (tertiary/aromatic N) is 1. The Morgan fingerprint density at radius 1 is 1.24 bits per heavy atom. The van der Waals surface area contributed by atoms with Crippen LogP contribution in [0.15, 0.2) is 34.7 Å². The highest BCUT2D eigenvalue weighted by atomic mass is 16.3. The van der Waals surface area contributed by atoms with E-state index in [-0.39, 0.29) is 0 Å².